The van der Waals surface area contributed by atoms with Crippen LogP contribution in [0, 0.1) is 40.5 Å². The summed E-state index contributed by atoms with van der Waals surface area (Å²) < 4.78 is 34.0. The number of aromatic nitrogens is 3. The van der Waals surface area contributed by atoms with Crippen molar-refractivity contribution in [1.82, 2.24) is 19.3 Å². The normalized spacial score (nSPS) is 14.9. The lowest BCUT2D eigenvalue weighted by atomic mass is 9.98. The standard InChI is InChI=1S/C27H34N6O4S/c1-16-8-6-7-9-22(16)29-27-31-23(30-26(28)32-27)15-37-25(34)21-10-12-33(13-11-21)38(35,36)24-19(4)17(2)14-18(3)20(24)5/h6-9,14,21H,10-13,15H2,1-5H3,(H3,28,29,30,31,32). The molecule has 0 saturated carbocycles. The van der Waals surface area contributed by atoms with Gasteiger partial charge in [0.05, 0.1) is 10.8 Å². The van der Waals surface area contributed by atoms with Crippen molar-refractivity contribution in [3.8, 4) is 0 Å². The van der Waals surface area contributed by atoms with Crippen molar-refractivity contribution < 1.29 is 17.9 Å². The number of nitrogens with zero attached hydrogens (tertiary/aromatic N) is 4. The van der Waals surface area contributed by atoms with Crippen molar-refractivity contribution in [1.29, 1.82) is 0 Å². The lowest BCUT2D eigenvalue weighted by Crippen LogP contribution is -2.41. The number of hydrogen-bond acceptors (Lipinski definition) is 9. The van der Waals surface area contributed by atoms with Crippen LogP contribution in [0.4, 0.5) is 17.6 Å². The van der Waals surface area contributed by atoms with Crippen molar-refractivity contribution in [2.75, 3.05) is 24.1 Å². The maximum atomic E-state index is 13.5. The van der Waals surface area contributed by atoms with Gasteiger partial charge in [0, 0.05) is 18.8 Å². The van der Waals surface area contributed by atoms with Gasteiger partial charge in [-0.05, 0) is 81.3 Å². The van der Waals surface area contributed by atoms with Gasteiger partial charge in [-0.15, -0.1) is 0 Å². The number of nitrogen functional groups attached to an aromatic ring is 1. The molecule has 3 aromatic rings. The fraction of sp³-hybridized carbons (Fsp3) is 0.407. The topological polar surface area (TPSA) is 140 Å². The van der Waals surface area contributed by atoms with Crippen LogP contribution in [0.25, 0.3) is 0 Å². The maximum Gasteiger partial charge on any atom is 0.309 e. The Bertz CT molecular complexity index is 1440. The number of carbonyl (C=O) groups excluding carboxylic acids is 1. The molecule has 1 aliphatic rings. The highest BCUT2D eigenvalue weighted by atomic mass is 32.2. The number of rotatable bonds is 7. The fourth-order valence-corrected chi connectivity index (χ4v) is 6.72. The van der Waals surface area contributed by atoms with E-state index in [1.165, 1.54) is 4.31 Å². The second-order valence-corrected chi connectivity index (χ2v) is 11.6. The van der Waals surface area contributed by atoms with Gasteiger partial charge in [-0.3, -0.25) is 4.79 Å². The molecule has 3 N–H and O–H groups in total. The van der Waals surface area contributed by atoms with Crippen LogP contribution in [-0.4, -0.2) is 46.7 Å². The SMILES string of the molecule is Cc1ccccc1Nc1nc(N)nc(COC(=O)C2CCN(S(=O)(=O)c3c(C)c(C)cc(C)c3C)CC2)n1. The van der Waals surface area contributed by atoms with E-state index in [4.69, 9.17) is 10.5 Å². The number of aryl methyl sites for hydroxylation is 3. The summed E-state index contributed by atoms with van der Waals surface area (Å²) in [5.41, 5.74) is 11.1. The van der Waals surface area contributed by atoms with Gasteiger partial charge < -0.3 is 15.8 Å². The first-order valence-electron chi connectivity index (χ1n) is 12.5. The molecule has 1 saturated heterocycles. The van der Waals surface area contributed by atoms with Crippen molar-refractivity contribution in [2.24, 2.45) is 5.92 Å². The van der Waals surface area contributed by atoms with Crippen LogP contribution in [0.1, 0.15) is 46.5 Å². The molecular weight excluding hydrogens is 504 g/mol. The Balaban J connectivity index is 1.38. The molecular formula is C27H34N6O4S. The predicted octanol–water partition coefficient (Wildman–Crippen LogP) is 3.88. The Labute approximate surface area is 223 Å². The Morgan fingerprint density at radius 2 is 1.63 bits per heavy atom. The molecule has 38 heavy (non-hydrogen) atoms. The zero-order valence-corrected chi connectivity index (χ0v) is 23.2. The number of sulfonamides is 1. The highest BCUT2D eigenvalue weighted by molar-refractivity contribution is 7.89. The maximum absolute atomic E-state index is 13.5. The monoisotopic (exact) mass is 538 g/mol. The Morgan fingerprint density at radius 1 is 1.00 bits per heavy atom. The van der Waals surface area contributed by atoms with Gasteiger partial charge in [0.2, 0.25) is 21.9 Å². The number of nitrogens with two attached hydrogens (primary N) is 1. The van der Waals surface area contributed by atoms with Crippen LogP contribution >= 0.6 is 0 Å². The number of benzene rings is 2. The number of hydrogen-bond donors (Lipinski definition) is 2. The lowest BCUT2D eigenvalue weighted by Gasteiger charge is -2.31. The van der Waals surface area contributed by atoms with Gasteiger partial charge >= 0.3 is 5.97 Å². The predicted molar refractivity (Wildman–Crippen MR) is 145 cm³/mol. The molecule has 0 spiro atoms. The summed E-state index contributed by atoms with van der Waals surface area (Å²) in [7, 11) is -3.68. The molecule has 0 amide bonds. The summed E-state index contributed by atoms with van der Waals surface area (Å²) in [5, 5.41) is 3.11. The highest BCUT2D eigenvalue weighted by Gasteiger charge is 2.35. The van der Waals surface area contributed by atoms with E-state index in [0.717, 1.165) is 33.5 Å². The number of carbonyl (C=O) groups is 1. The first-order chi connectivity index (χ1) is 18.0. The minimum atomic E-state index is -3.68. The van der Waals surface area contributed by atoms with E-state index < -0.39 is 21.9 Å². The Kier molecular flexibility index (Phi) is 7.98. The number of para-hydroxylation sites is 1. The first kappa shape index (κ1) is 27.5. The second kappa shape index (κ2) is 11.0. The van der Waals surface area contributed by atoms with Gasteiger partial charge in [0.1, 0.15) is 0 Å². The van der Waals surface area contributed by atoms with Crippen molar-refractivity contribution in [3.63, 3.8) is 0 Å². The molecule has 0 atom stereocenters. The number of piperidine rings is 1. The molecule has 2 aromatic carbocycles. The summed E-state index contributed by atoms with van der Waals surface area (Å²) in [6, 6.07) is 9.68. The molecule has 202 valence electrons. The fourth-order valence-electron chi connectivity index (χ4n) is 4.67. The molecule has 1 aliphatic heterocycles. The number of ether oxygens (including phenoxy) is 1. The molecule has 0 aliphatic carbocycles. The Hall–Kier alpha value is -3.57. The lowest BCUT2D eigenvalue weighted by molar-refractivity contribution is -0.151. The third-order valence-corrected chi connectivity index (χ3v) is 9.29. The quantitative estimate of drug-likeness (QED) is 0.429. The average molecular weight is 539 g/mol. The summed E-state index contributed by atoms with van der Waals surface area (Å²) in [6.45, 7) is 9.82. The molecule has 4 rings (SSSR count). The van der Waals surface area contributed by atoms with E-state index in [1.54, 1.807) is 0 Å². The third kappa shape index (κ3) is 5.78. The summed E-state index contributed by atoms with van der Waals surface area (Å²) >= 11 is 0. The summed E-state index contributed by atoms with van der Waals surface area (Å²) in [6.07, 6.45) is 0.751. The minimum absolute atomic E-state index is 0.0117. The molecule has 1 fully saturated rings. The highest BCUT2D eigenvalue weighted by Crippen LogP contribution is 2.31. The molecule has 10 nitrogen and oxygen atoms in total. The molecule has 0 bridgehead atoms. The third-order valence-electron chi connectivity index (χ3n) is 7.12. The van der Waals surface area contributed by atoms with E-state index in [0.29, 0.717) is 17.7 Å². The second-order valence-electron chi connectivity index (χ2n) is 9.75. The molecule has 2 heterocycles. The zero-order chi connectivity index (χ0) is 27.6. The van der Waals surface area contributed by atoms with Gasteiger partial charge in [0.25, 0.3) is 0 Å². The smallest absolute Gasteiger partial charge is 0.309 e. The van der Waals surface area contributed by atoms with E-state index in [2.05, 4.69) is 20.3 Å². The molecule has 0 radical (unpaired) electrons. The van der Waals surface area contributed by atoms with Gasteiger partial charge in [-0.1, -0.05) is 24.3 Å². The average Bonchev–Trinajstić information content (AvgIpc) is 2.87. The van der Waals surface area contributed by atoms with Crippen LogP contribution in [0.15, 0.2) is 35.2 Å². The van der Waals surface area contributed by atoms with Crippen LogP contribution in [0.5, 0.6) is 0 Å². The number of anilines is 3. The molecule has 0 unspecified atom stereocenters. The summed E-state index contributed by atoms with van der Waals surface area (Å²) in [5.74, 6) is -0.325. The van der Waals surface area contributed by atoms with Gasteiger partial charge in [-0.25, -0.2) is 8.42 Å². The van der Waals surface area contributed by atoms with Crippen molar-refractivity contribution >= 4 is 33.6 Å². The van der Waals surface area contributed by atoms with Crippen LogP contribution in [0.2, 0.25) is 0 Å². The molecule has 1 aromatic heterocycles. The van der Waals surface area contributed by atoms with E-state index in [1.807, 2.05) is 65.0 Å². The summed E-state index contributed by atoms with van der Waals surface area (Å²) in [4.78, 5) is 25.7. The number of nitrogens with one attached hydrogen (secondary N) is 1. The zero-order valence-electron chi connectivity index (χ0n) is 22.4. The number of esters is 1. The van der Waals surface area contributed by atoms with Crippen molar-refractivity contribution in [3.05, 3.63) is 64.0 Å². The van der Waals surface area contributed by atoms with E-state index in [9.17, 15) is 13.2 Å². The molecule has 11 heteroatoms. The van der Waals surface area contributed by atoms with Crippen LogP contribution in [0.3, 0.4) is 0 Å². The largest absolute Gasteiger partial charge is 0.457 e. The van der Waals surface area contributed by atoms with Crippen LogP contribution < -0.4 is 11.1 Å². The van der Waals surface area contributed by atoms with Gasteiger partial charge in [-0.2, -0.15) is 19.3 Å². The van der Waals surface area contributed by atoms with E-state index in [-0.39, 0.29) is 37.4 Å². The van der Waals surface area contributed by atoms with Gasteiger partial charge in [0.15, 0.2) is 12.4 Å². The van der Waals surface area contributed by atoms with E-state index >= 15 is 0 Å². The minimum Gasteiger partial charge on any atom is -0.457 e. The first-order valence-corrected chi connectivity index (χ1v) is 14.0. The van der Waals surface area contributed by atoms with Crippen LogP contribution in [-0.2, 0) is 26.2 Å². The Morgan fingerprint density at radius 3 is 2.26 bits per heavy atom. The van der Waals surface area contributed by atoms with Crippen molar-refractivity contribution in [2.45, 2.75) is 59.0 Å².